The predicted molar refractivity (Wildman–Crippen MR) is 135 cm³/mol. The van der Waals surface area contributed by atoms with Crippen LogP contribution in [0.5, 0.6) is 0 Å². The average molecular weight is 495 g/mol. The van der Waals surface area contributed by atoms with Crippen molar-refractivity contribution in [2.45, 2.75) is 104 Å². The first-order valence-corrected chi connectivity index (χ1v) is 13.1. The fraction of sp³-hybridized carbons (Fsp3) is 0.885. The Morgan fingerprint density at radius 2 is 1.29 bits per heavy atom. The Kier molecular flexibility index (Phi) is 28.4. The number of carboxylic acid groups (broad SMARTS) is 1. The van der Waals surface area contributed by atoms with Crippen molar-refractivity contribution in [2.24, 2.45) is 0 Å². The third kappa shape index (κ3) is 29.4. The Bertz CT molecular complexity index is 516. The molecule has 0 spiro atoms. The van der Waals surface area contributed by atoms with Crippen molar-refractivity contribution in [1.29, 1.82) is 0 Å². The van der Waals surface area contributed by atoms with Gasteiger partial charge in [0.25, 0.3) is 0 Å². The minimum atomic E-state index is -1.20. The van der Waals surface area contributed by atoms with Crippen LogP contribution in [0.1, 0.15) is 104 Å². The number of hydrogen-bond donors (Lipinski definition) is 1. The van der Waals surface area contributed by atoms with E-state index in [1.165, 1.54) is 69.7 Å². The standard InChI is InChI=1S/C17H33NO3.C9H20N2O.Na/c1-3-4-5-6-7-8-9-10-11-12-13-14-16(19)18(2)15-17(20)21;1-5-11(3,4)8-6-7-10-9(2)12;/h3-15H2,1-2H3,(H,20,21);5-8H2,1-4H3;/q;;+1. The van der Waals surface area contributed by atoms with Crippen molar-refractivity contribution in [3.8, 4) is 0 Å². The number of unbranched alkanes of at least 4 members (excludes halogenated alkanes) is 10. The number of rotatable bonds is 19. The van der Waals surface area contributed by atoms with E-state index in [4.69, 9.17) is 0 Å². The molecule has 0 atom stereocenters. The van der Waals surface area contributed by atoms with Gasteiger partial charge < -0.3 is 24.6 Å². The number of carboxylic acids is 1. The molecule has 0 bridgehead atoms. The minimum absolute atomic E-state index is 0. The molecule has 0 aromatic heterocycles. The summed E-state index contributed by atoms with van der Waals surface area (Å²) in [6.07, 6.45) is 15.2. The fourth-order valence-corrected chi connectivity index (χ4v) is 3.34. The van der Waals surface area contributed by atoms with Gasteiger partial charge in [0.05, 0.1) is 39.7 Å². The van der Waals surface area contributed by atoms with Crippen LogP contribution in [-0.4, -0.2) is 74.5 Å². The van der Waals surface area contributed by atoms with E-state index in [9.17, 15) is 19.5 Å². The number of nitrogens with zero attached hydrogens (tertiary/aromatic N) is 2. The summed E-state index contributed by atoms with van der Waals surface area (Å²) < 4.78 is 1.03. The van der Waals surface area contributed by atoms with Crippen molar-refractivity contribution in [2.75, 3.05) is 47.3 Å². The zero-order chi connectivity index (χ0) is 25.5. The van der Waals surface area contributed by atoms with Gasteiger partial charge in [0.15, 0.2) is 0 Å². The number of nitrogens with one attached hydrogen (secondary N) is 1. The molecule has 7 nitrogen and oxygen atoms in total. The summed E-state index contributed by atoms with van der Waals surface area (Å²) in [5.74, 6) is -1.24. The van der Waals surface area contributed by atoms with Gasteiger partial charge in [0.1, 0.15) is 0 Å². The summed E-state index contributed by atoms with van der Waals surface area (Å²) in [4.78, 5) is 33.7. The Balaban J connectivity index is -0.000000632. The van der Waals surface area contributed by atoms with E-state index in [-0.39, 0.29) is 47.9 Å². The van der Waals surface area contributed by atoms with Crippen LogP contribution in [0.25, 0.3) is 0 Å². The summed E-state index contributed by atoms with van der Waals surface area (Å²) in [5.41, 5.74) is 0. The second-order valence-electron chi connectivity index (χ2n) is 9.72. The molecule has 0 aliphatic heterocycles. The zero-order valence-electron chi connectivity index (χ0n) is 23.5. The molecule has 0 aromatic carbocycles. The molecular formula is C26H53N3NaO4+. The number of aliphatic carboxylic acids is 1. The molecular weight excluding hydrogens is 441 g/mol. The summed E-state index contributed by atoms with van der Waals surface area (Å²) >= 11 is 0. The first-order chi connectivity index (χ1) is 15.6. The van der Waals surface area contributed by atoms with E-state index in [0.29, 0.717) is 6.42 Å². The van der Waals surface area contributed by atoms with Crippen molar-refractivity contribution >= 4 is 17.8 Å². The second-order valence-corrected chi connectivity index (χ2v) is 9.72. The Hall–Kier alpha value is -0.630. The molecule has 0 saturated carbocycles. The molecule has 0 radical (unpaired) electrons. The molecule has 1 N–H and O–H groups in total. The Morgan fingerprint density at radius 3 is 1.71 bits per heavy atom. The van der Waals surface area contributed by atoms with Gasteiger partial charge in [-0.05, 0) is 13.3 Å². The van der Waals surface area contributed by atoms with E-state index in [1.807, 2.05) is 0 Å². The second kappa shape index (κ2) is 25.5. The van der Waals surface area contributed by atoms with Crippen LogP contribution in [-0.2, 0) is 14.4 Å². The normalized spacial score (nSPS) is 10.5. The molecule has 0 heterocycles. The quantitative estimate of drug-likeness (QED) is 0.161. The van der Waals surface area contributed by atoms with Gasteiger partial charge in [0.2, 0.25) is 11.8 Å². The third-order valence-corrected chi connectivity index (χ3v) is 5.96. The summed E-state index contributed by atoms with van der Waals surface area (Å²) in [5, 5.41) is 13.2. The molecule has 0 aromatic rings. The predicted octanol–water partition coefficient (Wildman–Crippen LogP) is 0.509. The fourth-order valence-electron chi connectivity index (χ4n) is 3.34. The van der Waals surface area contributed by atoms with Crippen molar-refractivity contribution in [1.82, 2.24) is 10.2 Å². The van der Waals surface area contributed by atoms with Crippen LogP contribution in [0.3, 0.4) is 0 Å². The van der Waals surface area contributed by atoms with Gasteiger partial charge >= 0.3 is 29.6 Å². The average Bonchev–Trinajstić information content (AvgIpc) is 2.74. The number of carbonyl (C=O) groups is 3. The maximum Gasteiger partial charge on any atom is 1.00 e. The molecule has 0 fully saturated rings. The molecule has 0 unspecified atom stereocenters. The molecule has 0 aliphatic rings. The van der Waals surface area contributed by atoms with Gasteiger partial charge in [-0.25, -0.2) is 0 Å². The molecule has 34 heavy (non-hydrogen) atoms. The van der Waals surface area contributed by atoms with Crippen LogP contribution < -0.4 is 40.0 Å². The van der Waals surface area contributed by atoms with E-state index in [1.54, 1.807) is 6.92 Å². The molecule has 196 valence electrons. The minimum Gasteiger partial charge on any atom is -0.548 e. The van der Waals surface area contributed by atoms with Crippen LogP contribution >= 0.6 is 0 Å². The number of likely N-dealkylation sites (N-methyl/N-ethyl adjacent to an activating group) is 1. The smallest absolute Gasteiger partial charge is 0.548 e. The molecule has 8 heteroatoms. The molecule has 2 amide bonds. The number of carbonyl (C=O) groups excluding carboxylic acids is 3. The summed E-state index contributed by atoms with van der Waals surface area (Å²) in [6, 6.07) is 0. The number of amides is 2. The van der Waals surface area contributed by atoms with Gasteiger partial charge in [0, 0.05) is 33.4 Å². The molecule has 0 aliphatic carbocycles. The largest absolute Gasteiger partial charge is 1.00 e. The van der Waals surface area contributed by atoms with Crippen LogP contribution in [0.4, 0.5) is 0 Å². The SMILES string of the molecule is CCCCCCCCCCCCCC(=O)N(C)CC(=O)[O-].CC[N+](C)(C)CCCNC(C)=O.[Na+]. The van der Waals surface area contributed by atoms with Crippen LogP contribution in [0.2, 0.25) is 0 Å². The molecule has 0 rings (SSSR count). The first kappa shape index (κ1) is 37.9. The molecule has 0 saturated heterocycles. The Labute approximate surface area is 232 Å². The van der Waals surface area contributed by atoms with Gasteiger partial charge in [-0.3, -0.25) is 9.59 Å². The van der Waals surface area contributed by atoms with E-state index in [0.717, 1.165) is 43.4 Å². The summed E-state index contributed by atoms with van der Waals surface area (Å²) in [6.45, 7) is 8.73. The first-order valence-electron chi connectivity index (χ1n) is 13.1. The van der Waals surface area contributed by atoms with Gasteiger partial charge in [-0.15, -0.1) is 0 Å². The maximum atomic E-state index is 11.6. The Morgan fingerprint density at radius 1 is 0.824 bits per heavy atom. The van der Waals surface area contributed by atoms with Gasteiger partial charge in [-0.2, -0.15) is 0 Å². The maximum absolute atomic E-state index is 11.6. The van der Waals surface area contributed by atoms with Gasteiger partial charge in [-0.1, -0.05) is 71.1 Å². The summed E-state index contributed by atoms with van der Waals surface area (Å²) in [7, 11) is 5.91. The third-order valence-electron chi connectivity index (χ3n) is 5.96. The monoisotopic (exact) mass is 494 g/mol. The van der Waals surface area contributed by atoms with E-state index in [2.05, 4.69) is 33.3 Å². The topological polar surface area (TPSA) is 89.5 Å². The zero-order valence-corrected chi connectivity index (χ0v) is 25.5. The van der Waals surface area contributed by atoms with Crippen molar-refractivity contribution in [3.05, 3.63) is 0 Å². The van der Waals surface area contributed by atoms with Crippen LogP contribution in [0, 0.1) is 0 Å². The number of hydrogen-bond acceptors (Lipinski definition) is 4. The van der Waals surface area contributed by atoms with E-state index < -0.39 is 5.97 Å². The van der Waals surface area contributed by atoms with Crippen LogP contribution in [0.15, 0.2) is 0 Å². The van der Waals surface area contributed by atoms with Crippen molar-refractivity contribution in [3.63, 3.8) is 0 Å². The van der Waals surface area contributed by atoms with Crippen molar-refractivity contribution < 1.29 is 53.5 Å². The van der Waals surface area contributed by atoms with E-state index >= 15 is 0 Å². The number of quaternary nitrogens is 1.